The molecule has 0 radical (unpaired) electrons. The lowest BCUT2D eigenvalue weighted by atomic mass is 9.81. The number of benzene rings is 3. The second-order valence-corrected chi connectivity index (χ2v) is 9.96. The van der Waals surface area contributed by atoms with Gasteiger partial charge < -0.3 is 15.7 Å². The van der Waals surface area contributed by atoms with E-state index in [1.54, 1.807) is 19.2 Å². The molecule has 1 saturated heterocycles. The molecule has 0 aromatic heterocycles. The number of carbonyl (C=O) groups excluding carboxylic acids is 3. The Morgan fingerprint density at radius 1 is 0.949 bits per heavy atom. The number of imide groups is 1. The predicted molar refractivity (Wildman–Crippen MR) is 141 cm³/mol. The Labute approximate surface area is 225 Å². The first kappa shape index (κ1) is 28.1. The summed E-state index contributed by atoms with van der Waals surface area (Å²) in [7, 11) is 1.59. The fraction of sp³-hybridized carbons (Fsp3) is 0.300. The summed E-state index contributed by atoms with van der Waals surface area (Å²) in [6.07, 6.45) is -1.71. The van der Waals surface area contributed by atoms with Crippen molar-refractivity contribution in [3.8, 4) is 0 Å². The SMILES string of the molecule is C[C@H](N)C(=O)N(C(=O)[C@H](O)c1cc(F)cc(F)c1)[C@@H]1C(=O)N(C)C[C@@H](c2ccccc2)C[C@@H]1c1ccccc1. The first-order chi connectivity index (χ1) is 18.6. The number of nitrogens with zero attached hydrogens (tertiary/aromatic N) is 2. The Morgan fingerprint density at radius 3 is 2.03 bits per heavy atom. The van der Waals surface area contributed by atoms with Crippen molar-refractivity contribution in [1.82, 2.24) is 9.80 Å². The number of rotatable bonds is 6. The molecule has 0 spiro atoms. The molecule has 204 valence electrons. The topological polar surface area (TPSA) is 104 Å². The average Bonchev–Trinajstić information content (AvgIpc) is 3.05. The van der Waals surface area contributed by atoms with E-state index in [0.717, 1.165) is 17.7 Å². The van der Waals surface area contributed by atoms with Gasteiger partial charge in [0.1, 0.15) is 17.7 Å². The number of likely N-dealkylation sites (N-methyl/N-ethyl adjacent to an activating group) is 1. The molecule has 1 fully saturated rings. The molecule has 4 rings (SSSR count). The zero-order valence-corrected chi connectivity index (χ0v) is 21.7. The molecular weight excluding hydrogens is 504 g/mol. The Balaban J connectivity index is 1.85. The van der Waals surface area contributed by atoms with Crippen molar-refractivity contribution in [1.29, 1.82) is 0 Å². The largest absolute Gasteiger partial charge is 0.378 e. The molecule has 9 heteroatoms. The number of aliphatic hydroxyl groups excluding tert-OH is 1. The summed E-state index contributed by atoms with van der Waals surface area (Å²) >= 11 is 0. The van der Waals surface area contributed by atoms with Crippen LogP contribution in [0.4, 0.5) is 8.78 Å². The number of aliphatic hydroxyl groups is 1. The third kappa shape index (κ3) is 6.05. The molecule has 0 unspecified atom stereocenters. The second-order valence-electron chi connectivity index (χ2n) is 9.96. The highest BCUT2D eigenvalue weighted by Crippen LogP contribution is 2.39. The Bertz CT molecular complexity index is 1320. The van der Waals surface area contributed by atoms with Gasteiger partial charge in [0, 0.05) is 31.5 Å². The van der Waals surface area contributed by atoms with Gasteiger partial charge >= 0.3 is 0 Å². The van der Waals surface area contributed by atoms with E-state index in [-0.39, 0.29) is 11.5 Å². The van der Waals surface area contributed by atoms with E-state index in [0.29, 0.717) is 29.5 Å². The molecule has 3 N–H and O–H groups in total. The molecular formula is C30H31F2N3O4. The van der Waals surface area contributed by atoms with Crippen LogP contribution in [0.1, 0.15) is 48.0 Å². The summed E-state index contributed by atoms with van der Waals surface area (Å²) in [6.45, 7) is 1.70. The van der Waals surface area contributed by atoms with Gasteiger partial charge in [-0.3, -0.25) is 19.3 Å². The average molecular weight is 536 g/mol. The fourth-order valence-electron chi connectivity index (χ4n) is 5.21. The lowest BCUT2D eigenvalue weighted by Gasteiger charge is -2.37. The van der Waals surface area contributed by atoms with Gasteiger partial charge in [-0.25, -0.2) is 8.78 Å². The molecule has 0 aliphatic carbocycles. The first-order valence-corrected chi connectivity index (χ1v) is 12.7. The van der Waals surface area contributed by atoms with Crippen LogP contribution in [-0.4, -0.2) is 58.3 Å². The van der Waals surface area contributed by atoms with Crippen LogP contribution >= 0.6 is 0 Å². The van der Waals surface area contributed by atoms with Crippen LogP contribution in [0.5, 0.6) is 0 Å². The molecule has 0 saturated carbocycles. The Kier molecular flexibility index (Phi) is 8.52. The van der Waals surface area contributed by atoms with E-state index in [1.807, 2.05) is 48.5 Å². The number of amides is 3. The number of hydrogen-bond donors (Lipinski definition) is 2. The molecule has 1 heterocycles. The van der Waals surface area contributed by atoms with E-state index in [2.05, 4.69) is 0 Å². The smallest absolute Gasteiger partial charge is 0.263 e. The number of halogens is 2. The molecule has 3 aromatic carbocycles. The van der Waals surface area contributed by atoms with Crippen molar-refractivity contribution in [2.24, 2.45) is 5.73 Å². The minimum atomic E-state index is -2.11. The standard InChI is InChI=1S/C30H31F2N3O4/c1-18(33)28(37)35(30(39)27(36)21-13-23(31)16-24(32)14-21)26-25(20-11-7-4-8-12-20)15-22(17-34(2)29(26)38)19-9-5-3-6-10-19/h3-14,16,18,22,25-27,36H,15,17,33H2,1-2H3/t18-,22-,25+,26-,27+/m0/s1. The zero-order chi connectivity index (χ0) is 28.3. The first-order valence-electron chi connectivity index (χ1n) is 12.7. The van der Waals surface area contributed by atoms with Gasteiger partial charge in [0.15, 0.2) is 6.10 Å². The van der Waals surface area contributed by atoms with Crippen LogP contribution in [0.25, 0.3) is 0 Å². The van der Waals surface area contributed by atoms with Crippen LogP contribution in [0.2, 0.25) is 0 Å². The lowest BCUT2D eigenvalue weighted by molar-refractivity contribution is -0.160. The van der Waals surface area contributed by atoms with Crippen molar-refractivity contribution >= 4 is 17.7 Å². The van der Waals surface area contributed by atoms with Crippen molar-refractivity contribution in [2.75, 3.05) is 13.6 Å². The lowest BCUT2D eigenvalue weighted by Crippen LogP contribution is -2.58. The van der Waals surface area contributed by atoms with Crippen LogP contribution in [0.3, 0.4) is 0 Å². The quantitative estimate of drug-likeness (QED) is 0.503. The van der Waals surface area contributed by atoms with Gasteiger partial charge in [-0.05, 0) is 42.2 Å². The third-order valence-electron chi connectivity index (χ3n) is 7.12. The highest BCUT2D eigenvalue weighted by atomic mass is 19.1. The number of hydrogen-bond acceptors (Lipinski definition) is 5. The molecule has 3 aromatic rings. The summed E-state index contributed by atoms with van der Waals surface area (Å²) in [4.78, 5) is 43.4. The van der Waals surface area contributed by atoms with Gasteiger partial charge in [-0.2, -0.15) is 0 Å². The molecule has 3 amide bonds. The maximum absolute atomic E-state index is 14.0. The summed E-state index contributed by atoms with van der Waals surface area (Å²) < 4.78 is 27.9. The molecule has 7 nitrogen and oxygen atoms in total. The van der Waals surface area contributed by atoms with E-state index in [4.69, 9.17) is 5.73 Å². The van der Waals surface area contributed by atoms with Gasteiger partial charge in [0.25, 0.3) is 5.91 Å². The van der Waals surface area contributed by atoms with Crippen molar-refractivity contribution in [3.63, 3.8) is 0 Å². The number of likely N-dealkylation sites (tertiary alicyclic amines) is 1. The summed E-state index contributed by atoms with van der Waals surface area (Å²) in [5.41, 5.74) is 7.25. The van der Waals surface area contributed by atoms with Crippen LogP contribution in [0.15, 0.2) is 78.9 Å². The third-order valence-corrected chi connectivity index (χ3v) is 7.12. The Morgan fingerprint density at radius 2 is 1.49 bits per heavy atom. The normalized spacial score (nSPS) is 21.1. The molecule has 5 atom stereocenters. The monoisotopic (exact) mass is 535 g/mol. The maximum atomic E-state index is 14.0. The maximum Gasteiger partial charge on any atom is 0.263 e. The second kappa shape index (κ2) is 11.8. The Hall–Kier alpha value is -3.95. The van der Waals surface area contributed by atoms with Crippen molar-refractivity contribution < 1.29 is 28.3 Å². The summed E-state index contributed by atoms with van der Waals surface area (Å²) in [6, 6.07) is 18.3. The van der Waals surface area contributed by atoms with E-state index >= 15 is 0 Å². The molecule has 0 bridgehead atoms. The van der Waals surface area contributed by atoms with Crippen molar-refractivity contribution in [2.45, 2.75) is 43.4 Å². The number of carbonyl (C=O) groups is 3. The summed E-state index contributed by atoms with van der Waals surface area (Å²) in [5.74, 6) is -5.37. The van der Waals surface area contributed by atoms with Crippen molar-refractivity contribution in [3.05, 3.63) is 107 Å². The van der Waals surface area contributed by atoms with Gasteiger partial charge in [-0.1, -0.05) is 60.7 Å². The highest BCUT2D eigenvalue weighted by Gasteiger charge is 2.47. The van der Waals surface area contributed by atoms with E-state index in [9.17, 15) is 28.3 Å². The van der Waals surface area contributed by atoms with Crippen LogP contribution < -0.4 is 5.73 Å². The van der Waals surface area contributed by atoms with Gasteiger partial charge in [0.05, 0.1) is 6.04 Å². The predicted octanol–water partition coefficient (Wildman–Crippen LogP) is 3.50. The van der Waals surface area contributed by atoms with Gasteiger partial charge in [0.2, 0.25) is 11.8 Å². The minimum absolute atomic E-state index is 0.125. The van der Waals surface area contributed by atoms with E-state index < -0.39 is 53.5 Å². The molecule has 39 heavy (non-hydrogen) atoms. The van der Waals surface area contributed by atoms with Crippen LogP contribution in [-0.2, 0) is 14.4 Å². The van der Waals surface area contributed by atoms with E-state index in [1.165, 1.54) is 11.8 Å². The van der Waals surface area contributed by atoms with Gasteiger partial charge in [-0.15, -0.1) is 0 Å². The van der Waals surface area contributed by atoms with Crippen LogP contribution in [0, 0.1) is 11.6 Å². The zero-order valence-electron chi connectivity index (χ0n) is 21.7. The fourth-order valence-corrected chi connectivity index (χ4v) is 5.21. The molecule has 1 aliphatic heterocycles. The highest BCUT2D eigenvalue weighted by molar-refractivity contribution is 6.04. The number of nitrogens with two attached hydrogens (primary N) is 1. The minimum Gasteiger partial charge on any atom is -0.378 e. The summed E-state index contributed by atoms with van der Waals surface area (Å²) in [5, 5.41) is 10.9. The molecule has 1 aliphatic rings.